The van der Waals surface area contributed by atoms with Crippen molar-refractivity contribution in [1.29, 1.82) is 0 Å². The average molecular weight is 319 g/mol. The molecule has 2 N–H and O–H groups in total. The van der Waals surface area contributed by atoms with Crippen molar-refractivity contribution in [3.05, 3.63) is 58.1 Å². The fourth-order valence-electron chi connectivity index (χ4n) is 2.27. The summed E-state index contributed by atoms with van der Waals surface area (Å²) in [5, 5.41) is 5.39. The molecule has 0 radical (unpaired) electrons. The number of halogens is 2. The van der Waals surface area contributed by atoms with Crippen molar-refractivity contribution in [2.45, 2.75) is 6.92 Å². The molecular weight excluding hydrogens is 307 g/mol. The number of hydrogen-bond donors (Lipinski definition) is 1. The van der Waals surface area contributed by atoms with E-state index in [9.17, 15) is 0 Å². The molecule has 21 heavy (non-hydrogen) atoms. The normalized spacial score (nSPS) is 10.8. The molecule has 0 spiro atoms. The second kappa shape index (κ2) is 5.43. The molecule has 0 aliphatic rings. The van der Waals surface area contributed by atoms with Crippen molar-refractivity contribution >= 4 is 29.1 Å². The van der Waals surface area contributed by atoms with Gasteiger partial charge in [-0.15, -0.1) is 0 Å². The van der Waals surface area contributed by atoms with Crippen molar-refractivity contribution < 1.29 is 4.52 Å². The Morgan fingerprint density at radius 1 is 1.10 bits per heavy atom. The Bertz CT molecular complexity index is 812. The lowest BCUT2D eigenvalue weighted by Crippen LogP contribution is -1.90. The fourth-order valence-corrected chi connectivity index (χ4v) is 2.64. The van der Waals surface area contributed by atoms with Crippen molar-refractivity contribution in [3.63, 3.8) is 0 Å². The number of aromatic nitrogens is 1. The molecule has 0 fully saturated rings. The van der Waals surface area contributed by atoms with Crippen LogP contribution >= 0.6 is 23.2 Å². The van der Waals surface area contributed by atoms with Gasteiger partial charge in [0.1, 0.15) is 5.69 Å². The largest absolute Gasteiger partial charge is 0.367 e. The fraction of sp³-hybridized carbons (Fsp3) is 0.0625. The molecule has 0 unspecified atom stereocenters. The van der Waals surface area contributed by atoms with Gasteiger partial charge in [-0.25, -0.2) is 0 Å². The number of nitrogen functional groups attached to an aromatic ring is 1. The molecule has 0 saturated heterocycles. The summed E-state index contributed by atoms with van der Waals surface area (Å²) in [5.74, 6) is 0.256. The van der Waals surface area contributed by atoms with Crippen LogP contribution in [0.5, 0.6) is 0 Å². The minimum Gasteiger partial charge on any atom is -0.367 e. The lowest BCUT2D eigenvalue weighted by molar-refractivity contribution is 0.439. The van der Waals surface area contributed by atoms with Crippen molar-refractivity contribution in [1.82, 2.24) is 5.16 Å². The number of nitrogens with zero attached hydrogens (tertiary/aromatic N) is 1. The first kappa shape index (κ1) is 14.0. The van der Waals surface area contributed by atoms with Gasteiger partial charge in [0.2, 0.25) is 5.88 Å². The summed E-state index contributed by atoms with van der Waals surface area (Å²) in [6.45, 7) is 1.93. The third kappa shape index (κ3) is 2.50. The summed E-state index contributed by atoms with van der Waals surface area (Å²) in [4.78, 5) is 0. The van der Waals surface area contributed by atoms with Gasteiger partial charge in [0.15, 0.2) is 0 Å². The maximum atomic E-state index is 6.18. The molecule has 0 amide bonds. The van der Waals surface area contributed by atoms with E-state index in [1.165, 1.54) is 0 Å². The summed E-state index contributed by atoms with van der Waals surface area (Å²) >= 11 is 12.2. The lowest BCUT2D eigenvalue weighted by Gasteiger charge is -2.07. The van der Waals surface area contributed by atoms with Gasteiger partial charge in [0.25, 0.3) is 0 Å². The Hall–Kier alpha value is -1.97. The van der Waals surface area contributed by atoms with Crippen LogP contribution in [-0.4, -0.2) is 5.16 Å². The first-order chi connectivity index (χ1) is 10.1. The number of benzene rings is 2. The number of rotatable bonds is 2. The predicted octanol–water partition coefficient (Wildman–Crippen LogP) is 5.21. The van der Waals surface area contributed by atoms with Crippen molar-refractivity contribution in [3.8, 4) is 22.4 Å². The minimum atomic E-state index is 0.256. The topological polar surface area (TPSA) is 52.0 Å². The molecule has 3 aromatic rings. The maximum absolute atomic E-state index is 6.18. The zero-order chi connectivity index (χ0) is 15.0. The van der Waals surface area contributed by atoms with Crippen LogP contribution in [0.4, 0.5) is 5.88 Å². The Labute approximate surface area is 132 Å². The van der Waals surface area contributed by atoms with Crippen molar-refractivity contribution in [2.24, 2.45) is 0 Å². The molecule has 1 aromatic heterocycles. The third-order valence-electron chi connectivity index (χ3n) is 3.35. The molecule has 0 bridgehead atoms. The van der Waals surface area contributed by atoms with E-state index in [0.717, 1.165) is 22.3 Å². The first-order valence-electron chi connectivity index (χ1n) is 6.34. The van der Waals surface area contributed by atoms with Gasteiger partial charge in [-0.05, 0) is 36.2 Å². The smallest absolute Gasteiger partial charge is 0.230 e. The zero-order valence-corrected chi connectivity index (χ0v) is 12.7. The highest BCUT2D eigenvalue weighted by Gasteiger charge is 2.19. The minimum absolute atomic E-state index is 0.256. The van der Waals surface area contributed by atoms with Crippen LogP contribution in [0.1, 0.15) is 5.56 Å². The summed E-state index contributed by atoms with van der Waals surface area (Å²) in [6, 6.07) is 13.1. The van der Waals surface area contributed by atoms with Crippen LogP contribution in [-0.2, 0) is 0 Å². The predicted molar refractivity (Wildman–Crippen MR) is 86.5 cm³/mol. The molecule has 1 heterocycles. The van der Waals surface area contributed by atoms with Gasteiger partial charge in [-0.2, -0.15) is 0 Å². The molecule has 2 aromatic carbocycles. The summed E-state index contributed by atoms with van der Waals surface area (Å²) in [5.41, 5.74) is 10.0. The summed E-state index contributed by atoms with van der Waals surface area (Å²) in [6.07, 6.45) is 0. The molecule has 0 aliphatic heterocycles. The SMILES string of the molecule is Cc1c(Cl)cccc1-c1noc(N)c1-c1cccc(Cl)c1. The Morgan fingerprint density at radius 3 is 2.62 bits per heavy atom. The van der Waals surface area contributed by atoms with Gasteiger partial charge in [0.05, 0.1) is 5.56 Å². The van der Waals surface area contributed by atoms with E-state index in [-0.39, 0.29) is 5.88 Å². The Morgan fingerprint density at radius 2 is 1.86 bits per heavy atom. The number of nitrogens with two attached hydrogens (primary N) is 1. The van der Waals surface area contributed by atoms with Gasteiger partial charge in [-0.1, -0.05) is 52.6 Å². The van der Waals surface area contributed by atoms with E-state index in [4.69, 9.17) is 33.5 Å². The van der Waals surface area contributed by atoms with E-state index >= 15 is 0 Å². The molecule has 106 valence electrons. The first-order valence-corrected chi connectivity index (χ1v) is 7.10. The highest BCUT2D eigenvalue weighted by Crippen LogP contribution is 2.39. The summed E-state index contributed by atoms with van der Waals surface area (Å²) in [7, 11) is 0. The molecule has 3 rings (SSSR count). The monoisotopic (exact) mass is 318 g/mol. The summed E-state index contributed by atoms with van der Waals surface area (Å²) < 4.78 is 5.18. The highest BCUT2D eigenvalue weighted by molar-refractivity contribution is 6.32. The zero-order valence-electron chi connectivity index (χ0n) is 11.2. The highest BCUT2D eigenvalue weighted by atomic mass is 35.5. The van der Waals surface area contributed by atoms with Gasteiger partial charge in [0, 0.05) is 15.6 Å². The average Bonchev–Trinajstić information content (AvgIpc) is 2.83. The molecular formula is C16H12Cl2N2O. The lowest BCUT2D eigenvalue weighted by atomic mass is 9.98. The third-order valence-corrected chi connectivity index (χ3v) is 4.00. The van der Waals surface area contributed by atoms with E-state index in [1.54, 1.807) is 6.07 Å². The molecule has 0 atom stereocenters. The number of hydrogen-bond acceptors (Lipinski definition) is 3. The van der Waals surface area contributed by atoms with Crippen molar-refractivity contribution in [2.75, 3.05) is 5.73 Å². The second-order valence-electron chi connectivity index (χ2n) is 4.69. The van der Waals surface area contributed by atoms with Crippen LogP contribution in [0, 0.1) is 6.92 Å². The van der Waals surface area contributed by atoms with Crippen LogP contribution in [0.25, 0.3) is 22.4 Å². The van der Waals surface area contributed by atoms with Crippen LogP contribution in [0.3, 0.4) is 0 Å². The Balaban J connectivity index is 2.24. The number of anilines is 1. The molecule has 5 heteroatoms. The standard InChI is InChI=1S/C16H12Cl2N2O/c1-9-12(6-3-7-13(9)18)15-14(16(19)21-20-15)10-4-2-5-11(17)8-10/h2-8H,19H2,1H3. The van der Waals surface area contributed by atoms with Crippen LogP contribution in [0.15, 0.2) is 47.0 Å². The van der Waals surface area contributed by atoms with Gasteiger partial charge >= 0.3 is 0 Å². The molecule has 0 aliphatic carbocycles. The molecule has 3 nitrogen and oxygen atoms in total. The Kier molecular flexibility index (Phi) is 3.62. The van der Waals surface area contributed by atoms with E-state index in [1.807, 2.05) is 43.3 Å². The van der Waals surface area contributed by atoms with E-state index in [0.29, 0.717) is 15.7 Å². The second-order valence-corrected chi connectivity index (χ2v) is 5.54. The quantitative estimate of drug-likeness (QED) is 0.706. The van der Waals surface area contributed by atoms with Crippen LogP contribution in [0.2, 0.25) is 10.0 Å². The van der Waals surface area contributed by atoms with Gasteiger partial charge < -0.3 is 10.3 Å². The van der Waals surface area contributed by atoms with E-state index < -0.39 is 0 Å². The van der Waals surface area contributed by atoms with Gasteiger partial charge in [-0.3, -0.25) is 0 Å². The molecule has 0 saturated carbocycles. The van der Waals surface area contributed by atoms with Crippen LogP contribution < -0.4 is 5.73 Å². The van der Waals surface area contributed by atoms with E-state index in [2.05, 4.69) is 5.16 Å². The maximum Gasteiger partial charge on any atom is 0.230 e.